The van der Waals surface area contributed by atoms with E-state index in [0.29, 0.717) is 0 Å². The average molecular weight is 597 g/mol. The smallest absolute Gasteiger partial charge is 0.199 e. The van der Waals surface area contributed by atoms with Gasteiger partial charge in [-0.2, -0.15) is 101 Å². The molecule has 0 aromatic carbocycles. The predicted octanol–water partition coefficient (Wildman–Crippen LogP) is 8.33. The topological polar surface area (TPSA) is 0 Å². The van der Waals surface area contributed by atoms with Gasteiger partial charge in [0.15, 0.2) is 0 Å². The van der Waals surface area contributed by atoms with Gasteiger partial charge in [-0.05, 0) is 6.92 Å². The van der Waals surface area contributed by atoms with Gasteiger partial charge in [0.05, 0.1) is 0 Å². The monoisotopic (exact) mass is 597 g/mol. The number of alkyl halides is 21. The highest BCUT2D eigenvalue weighted by Gasteiger charge is 2.97. The standard InChI is InChI=1S/C13H4F23/c1-2(6(20,21)22)4(16,17)7(23,24)9(27,28)11(31,32)13(35,36)12(33,34)10(29,30)8(25,26)5(18,19)3(14)15/h2H,1H3. The molecule has 1 atom stereocenters. The summed E-state index contributed by atoms with van der Waals surface area (Å²) in [6, 6.07) is 0. The first-order valence-corrected chi connectivity index (χ1v) is 7.75. The van der Waals surface area contributed by atoms with Crippen molar-refractivity contribution in [2.75, 3.05) is 0 Å². The van der Waals surface area contributed by atoms with E-state index >= 15 is 0 Å². The molecular formula is C13H4F23. The van der Waals surface area contributed by atoms with Crippen molar-refractivity contribution in [2.24, 2.45) is 5.92 Å². The highest BCUT2D eigenvalue weighted by atomic mass is 19.4. The normalized spacial score (nSPS) is 17.6. The summed E-state index contributed by atoms with van der Waals surface area (Å²) in [4.78, 5) is 0. The van der Waals surface area contributed by atoms with Crippen LogP contribution in [0.4, 0.5) is 101 Å². The Balaban J connectivity index is 7.10. The zero-order chi connectivity index (χ0) is 30.2. The van der Waals surface area contributed by atoms with Crippen LogP contribution in [0.2, 0.25) is 0 Å². The van der Waals surface area contributed by atoms with Crippen LogP contribution in [0.5, 0.6) is 0 Å². The number of hydrogen-bond donors (Lipinski definition) is 0. The molecule has 0 aliphatic carbocycles. The minimum Gasteiger partial charge on any atom is -0.199 e. The van der Waals surface area contributed by atoms with Crippen LogP contribution in [-0.4, -0.2) is 59.5 Å². The van der Waals surface area contributed by atoms with E-state index in [0.717, 1.165) is 0 Å². The summed E-state index contributed by atoms with van der Waals surface area (Å²) in [6.45, 7) is -1.16. The SMILES string of the molecule is CC(C(F)(F)F)C(F)(F)C(F)(F)C(F)(F)C(F)(F)C(F)(F)C(F)(F)C(F)(F)C(F)(F)C(F)(F)[C](F)F. The maximum atomic E-state index is 13.4. The van der Waals surface area contributed by atoms with Gasteiger partial charge in [0.1, 0.15) is 5.92 Å². The number of rotatable bonds is 10. The molecular weight excluding hydrogens is 593 g/mol. The minimum atomic E-state index is -9.26. The highest BCUT2D eigenvalue weighted by Crippen LogP contribution is 2.66. The minimum absolute atomic E-state index is 1.16. The van der Waals surface area contributed by atoms with Crippen LogP contribution >= 0.6 is 0 Å². The Morgan fingerprint density at radius 2 is 0.611 bits per heavy atom. The van der Waals surface area contributed by atoms with Crippen molar-refractivity contribution in [3.63, 3.8) is 0 Å². The summed E-state index contributed by atoms with van der Waals surface area (Å²) in [6.07, 6.45) is -12.0. The van der Waals surface area contributed by atoms with E-state index in [2.05, 4.69) is 0 Å². The van der Waals surface area contributed by atoms with Gasteiger partial charge >= 0.3 is 65.9 Å². The van der Waals surface area contributed by atoms with Gasteiger partial charge in [-0.3, -0.25) is 0 Å². The Labute approximate surface area is 181 Å². The van der Waals surface area contributed by atoms with Crippen molar-refractivity contribution in [1.29, 1.82) is 0 Å². The number of halogens is 23. The molecule has 1 radical (unpaired) electrons. The van der Waals surface area contributed by atoms with Crippen molar-refractivity contribution in [1.82, 2.24) is 0 Å². The molecule has 0 saturated heterocycles. The first kappa shape index (κ1) is 34.4. The van der Waals surface area contributed by atoms with Gasteiger partial charge in [-0.25, -0.2) is 0 Å². The van der Waals surface area contributed by atoms with Crippen LogP contribution < -0.4 is 0 Å². The third-order valence-corrected chi connectivity index (χ3v) is 4.45. The first-order valence-electron chi connectivity index (χ1n) is 7.75. The van der Waals surface area contributed by atoms with Crippen LogP contribution in [0, 0.1) is 12.3 Å². The van der Waals surface area contributed by atoms with Gasteiger partial charge in [0.25, 0.3) is 0 Å². The fourth-order valence-corrected chi connectivity index (χ4v) is 1.99. The molecule has 0 aromatic rings. The van der Waals surface area contributed by atoms with E-state index in [1.54, 1.807) is 0 Å². The molecule has 0 spiro atoms. The Kier molecular flexibility index (Phi) is 8.07. The molecule has 0 aliphatic heterocycles. The molecule has 0 bridgehead atoms. The van der Waals surface area contributed by atoms with E-state index in [1.165, 1.54) is 0 Å². The van der Waals surface area contributed by atoms with Gasteiger partial charge < -0.3 is 0 Å². The van der Waals surface area contributed by atoms with Crippen LogP contribution in [0.15, 0.2) is 0 Å². The third kappa shape index (κ3) is 4.08. The van der Waals surface area contributed by atoms with Crippen molar-refractivity contribution in [3.05, 3.63) is 6.43 Å². The average Bonchev–Trinajstić information content (AvgIpc) is 2.64. The Bertz CT molecular complexity index is 784. The lowest BCUT2D eigenvalue weighted by molar-refractivity contribution is -0.466. The molecule has 0 amide bonds. The molecule has 23 heteroatoms. The van der Waals surface area contributed by atoms with Crippen LogP contribution in [0.1, 0.15) is 6.92 Å². The van der Waals surface area contributed by atoms with E-state index in [-0.39, 0.29) is 0 Å². The fraction of sp³-hybridized carbons (Fsp3) is 0.923. The Morgan fingerprint density at radius 1 is 0.389 bits per heavy atom. The molecule has 217 valence electrons. The summed E-state index contributed by atoms with van der Waals surface area (Å²) < 4.78 is 298. The van der Waals surface area contributed by atoms with Crippen molar-refractivity contribution in [3.8, 4) is 0 Å². The quantitative estimate of drug-likeness (QED) is 0.222. The summed E-state index contributed by atoms with van der Waals surface area (Å²) in [5.41, 5.74) is 0. The van der Waals surface area contributed by atoms with Gasteiger partial charge in [0, 0.05) is 0 Å². The maximum Gasteiger partial charge on any atom is 0.397 e. The molecule has 0 nitrogen and oxygen atoms in total. The van der Waals surface area contributed by atoms with Gasteiger partial charge in [0.2, 0.25) is 0 Å². The zero-order valence-corrected chi connectivity index (χ0v) is 15.8. The largest absolute Gasteiger partial charge is 0.397 e. The first-order chi connectivity index (χ1) is 15.1. The van der Waals surface area contributed by atoms with Crippen LogP contribution in [0.3, 0.4) is 0 Å². The number of hydrogen-bond acceptors (Lipinski definition) is 0. The van der Waals surface area contributed by atoms with E-state index < -0.39 is 78.7 Å². The second-order valence-electron chi connectivity index (χ2n) is 6.74. The highest BCUT2D eigenvalue weighted by molar-refractivity contribution is 5.18. The van der Waals surface area contributed by atoms with Crippen LogP contribution in [-0.2, 0) is 0 Å². The summed E-state index contributed by atoms with van der Waals surface area (Å²) >= 11 is 0. The van der Waals surface area contributed by atoms with Crippen molar-refractivity contribution < 1.29 is 101 Å². The summed E-state index contributed by atoms with van der Waals surface area (Å²) in [5, 5.41) is 0. The summed E-state index contributed by atoms with van der Waals surface area (Å²) in [7, 11) is 0. The van der Waals surface area contributed by atoms with E-state index in [1.807, 2.05) is 0 Å². The molecule has 0 aliphatic rings. The van der Waals surface area contributed by atoms with Gasteiger partial charge in [-0.15, -0.1) is 0 Å². The van der Waals surface area contributed by atoms with Crippen molar-refractivity contribution >= 4 is 0 Å². The Morgan fingerprint density at radius 3 is 0.833 bits per heavy atom. The summed E-state index contributed by atoms with van der Waals surface area (Å²) in [5.74, 6) is -83.6. The molecule has 0 saturated carbocycles. The van der Waals surface area contributed by atoms with Crippen molar-refractivity contribution in [2.45, 2.75) is 66.4 Å². The second-order valence-corrected chi connectivity index (χ2v) is 6.74. The molecule has 36 heavy (non-hydrogen) atoms. The lowest BCUT2D eigenvalue weighted by Crippen LogP contribution is -2.76. The second kappa shape index (κ2) is 8.45. The maximum absolute atomic E-state index is 13.4. The molecule has 0 N–H and O–H groups in total. The molecule has 1 unspecified atom stereocenters. The van der Waals surface area contributed by atoms with Crippen LogP contribution in [0.25, 0.3) is 0 Å². The zero-order valence-electron chi connectivity index (χ0n) is 15.8. The molecule has 0 fully saturated rings. The predicted molar refractivity (Wildman–Crippen MR) is 65.2 cm³/mol. The molecule has 0 rings (SSSR count). The Hall–Kier alpha value is -1.61. The van der Waals surface area contributed by atoms with Gasteiger partial charge in [-0.1, -0.05) is 0 Å². The third-order valence-electron chi connectivity index (χ3n) is 4.45. The lowest BCUT2D eigenvalue weighted by Gasteiger charge is -2.45. The molecule has 0 aromatic heterocycles. The fourth-order valence-electron chi connectivity index (χ4n) is 1.99. The molecule has 0 heterocycles. The van der Waals surface area contributed by atoms with E-state index in [9.17, 15) is 101 Å². The lowest BCUT2D eigenvalue weighted by atomic mass is 9.84. The van der Waals surface area contributed by atoms with E-state index in [4.69, 9.17) is 0 Å².